The highest BCUT2D eigenvalue weighted by atomic mass is 16.6. The third kappa shape index (κ3) is 8.69. The predicted molar refractivity (Wildman–Crippen MR) is 107 cm³/mol. The minimum absolute atomic E-state index is 0.0320. The molecular weight excluding hydrogens is 328 g/mol. The molecule has 1 saturated heterocycles. The number of unbranched alkanes of at least 4 members (excludes halogenated alkanes) is 12. The molecule has 0 bridgehead atoms. The lowest BCUT2D eigenvalue weighted by Crippen LogP contribution is -2.46. The summed E-state index contributed by atoms with van der Waals surface area (Å²) in [4.78, 5) is 0. The van der Waals surface area contributed by atoms with Crippen LogP contribution >= 0.6 is 0 Å². The highest BCUT2D eigenvalue weighted by molar-refractivity contribution is 4.96. The normalized spacial score (nSPS) is 27.1. The van der Waals surface area contributed by atoms with E-state index in [2.05, 4.69) is 6.92 Å². The van der Waals surface area contributed by atoms with Crippen LogP contribution in [-0.4, -0.2) is 39.9 Å². The van der Waals surface area contributed by atoms with Gasteiger partial charge in [-0.15, -0.1) is 0 Å². The first-order valence-electron chi connectivity index (χ1n) is 11.2. The summed E-state index contributed by atoms with van der Waals surface area (Å²) in [6, 6.07) is 0. The second-order valence-corrected chi connectivity index (χ2v) is 8.39. The summed E-state index contributed by atoms with van der Waals surface area (Å²) in [5.74, 6) is 0.0320. The lowest BCUT2D eigenvalue weighted by atomic mass is 9.80. The summed E-state index contributed by atoms with van der Waals surface area (Å²) in [5.41, 5.74) is -1.09. The Morgan fingerprint density at radius 1 is 0.885 bits per heavy atom. The van der Waals surface area contributed by atoms with Crippen molar-refractivity contribution in [3.63, 3.8) is 0 Å². The molecule has 0 aromatic rings. The average Bonchev–Trinajstić information content (AvgIpc) is 2.93. The van der Waals surface area contributed by atoms with Crippen LogP contribution in [0.5, 0.6) is 0 Å². The zero-order valence-corrected chi connectivity index (χ0v) is 17.3. The summed E-state index contributed by atoms with van der Waals surface area (Å²) >= 11 is 0. The molecule has 26 heavy (non-hydrogen) atoms. The molecule has 3 N–H and O–H groups in total. The molecular formula is C22H44O4. The van der Waals surface area contributed by atoms with Crippen LogP contribution in [0.3, 0.4) is 0 Å². The third-order valence-corrected chi connectivity index (χ3v) is 6.14. The van der Waals surface area contributed by atoms with Gasteiger partial charge in [0, 0.05) is 6.42 Å². The van der Waals surface area contributed by atoms with E-state index in [0.29, 0.717) is 0 Å². The number of rotatable bonds is 16. The number of aliphatic hydroxyl groups is 3. The van der Waals surface area contributed by atoms with Crippen molar-refractivity contribution in [1.29, 1.82) is 0 Å². The summed E-state index contributed by atoms with van der Waals surface area (Å²) in [7, 11) is 0. The van der Waals surface area contributed by atoms with E-state index in [4.69, 9.17) is 4.74 Å². The molecule has 156 valence electrons. The quantitative estimate of drug-likeness (QED) is 0.336. The number of hydrogen-bond acceptors (Lipinski definition) is 4. The zero-order chi connectivity index (χ0) is 19.3. The molecule has 0 aromatic carbocycles. The van der Waals surface area contributed by atoms with Crippen LogP contribution in [0.15, 0.2) is 0 Å². The Morgan fingerprint density at radius 2 is 1.35 bits per heavy atom. The lowest BCUT2D eigenvalue weighted by molar-refractivity contribution is -0.130. The third-order valence-electron chi connectivity index (χ3n) is 6.14. The lowest BCUT2D eigenvalue weighted by Gasteiger charge is -2.33. The highest BCUT2D eigenvalue weighted by Crippen LogP contribution is 2.38. The molecule has 0 aromatic heterocycles. The van der Waals surface area contributed by atoms with Gasteiger partial charge in [-0.25, -0.2) is 0 Å². The first-order chi connectivity index (χ1) is 12.5. The van der Waals surface area contributed by atoms with Gasteiger partial charge in [-0.2, -0.15) is 0 Å². The van der Waals surface area contributed by atoms with E-state index in [1.165, 1.54) is 77.0 Å². The van der Waals surface area contributed by atoms with Crippen LogP contribution in [0.1, 0.15) is 110 Å². The van der Waals surface area contributed by atoms with Gasteiger partial charge in [0.1, 0.15) is 11.7 Å². The van der Waals surface area contributed by atoms with E-state index < -0.39 is 18.0 Å². The molecule has 1 aliphatic rings. The van der Waals surface area contributed by atoms with Crippen LogP contribution in [0.4, 0.5) is 0 Å². The van der Waals surface area contributed by atoms with Gasteiger partial charge < -0.3 is 20.1 Å². The van der Waals surface area contributed by atoms with Crippen molar-refractivity contribution >= 4 is 0 Å². The SMILES string of the molecule is CCCCCCCCCCCCCCCC(C)[C@]1(O)CC(O)O[C@@H]1CO. The topological polar surface area (TPSA) is 69.9 Å². The smallest absolute Gasteiger partial charge is 0.158 e. The first kappa shape index (κ1) is 23.9. The van der Waals surface area contributed by atoms with Crippen molar-refractivity contribution < 1.29 is 20.1 Å². The molecule has 0 amide bonds. The van der Waals surface area contributed by atoms with E-state index in [1.807, 2.05) is 6.92 Å². The largest absolute Gasteiger partial charge is 0.394 e. The van der Waals surface area contributed by atoms with Gasteiger partial charge in [0.2, 0.25) is 0 Å². The van der Waals surface area contributed by atoms with Gasteiger partial charge in [-0.3, -0.25) is 0 Å². The fraction of sp³-hybridized carbons (Fsp3) is 1.00. The average molecular weight is 373 g/mol. The number of hydrogen-bond donors (Lipinski definition) is 3. The minimum Gasteiger partial charge on any atom is -0.394 e. The van der Waals surface area contributed by atoms with Crippen molar-refractivity contribution in [2.75, 3.05) is 6.61 Å². The Bertz CT molecular complexity index is 336. The van der Waals surface area contributed by atoms with Crippen molar-refractivity contribution in [3.05, 3.63) is 0 Å². The van der Waals surface area contributed by atoms with Gasteiger partial charge in [0.25, 0.3) is 0 Å². The molecule has 0 aliphatic carbocycles. The van der Waals surface area contributed by atoms with Crippen molar-refractivity contribution in [2.45, 2.75) is 128 Å². The summed E-state index contributed by atoms with van der Waals surface area (Å²) in [6.45, 7) is 4.03. The molecule has 0 spiro atoms. The first-order valence-corrected chi connectivity index (χ1v) is 11.2. The Hall–Kier alpha value is -0.160. The number of ether oxygens (including phenoxy) is 1. The van der Waals surface area contributed by atoms with E-state index in [1.54, 1.807) is 0 Å². The van der Waals surface area contributed by atoms with Crippen LogP contribution in [0.2, 0.25) is 0 Å². The molecule has 4 atom stereocenters. The van der Waals surface area contributed by atoms with Crippen molar-refractivity contribution in [1.82, 2.24) is 0 Å². The molecule has 0 radical (unpaired) electrons. The summed E-state index contributed by atoms with van der Waals surface area (Å²) < 4.78 is 5.22. The second kappa shape index (κ2) is 13.9. The Kier molecular flexibility index (Phi) is 12.8. The van der Waals surface area contributed by atoms with Gasteiger partial charge in [0.15, 0.2) is 6.29 Å². The zero-order valence-electron chi connectivity index (χ0n) is 17.3. The highest BCUT2D eigenvalue weighted by Gasteiger charge is 2.49. The standard InChI is InChI=1S/C22H44O4/c1-3-4-5-6-7-8-9-10-11-12-13-14-15-16-19(2)22(25)17-21(24)26-20(22)18-23/h19-21,23-25H,3-18H2,1-2H3/t19?,20-,21?,22-/m1/s1. The molecule has 1 heterocycles. The number of aliphatic hydroxyl groups excluding tert-OH is 2. The molecule has 0 saturated carbocycles. The van der Waals surface area contributed by atoms with Crippen LogP contribution in [0.25, 0.3) is 0 Å². The maximum atomic E-state index is 10.7. The molecule has 4 nitrogen and oxygen atoms in total. The van der Waals surface area contributed by atoms with E-state index >= 15 is 0 Å². The molecule has 1 fully saturated rings. The Morgan fingerprint density at radius 3 is 1.81 bits per heavy atom. The molecule has 1 aliphatic heterocycles. The monoisotopic (exact) mass is 372 g/mol. The van der Waals surface area contributed by atoms with E-state index in [0.717, 1.165) is 12.8 Å². The van der Waals surface area contributed by atoms with Crippen LogP contribution in [0, 0.1) is 5.92 Å². The van der Waals surface area contributed by atoms with Gasteiger partial charge in [-0.1, -0.05) is 97.3 Å². The van der Waals surface area contributed by atoms with Gasteiger partial charge in [-0.05, 0) is 12.3 Å². The molecule has 2 unspecified atom stereocenters. The van der Waals surface area contributed by atoms with Gasteiger partial charge in [0.05, 0.1) is 6.61 Å². The summed E-state index contributed by atoms with van der Waals surface area (Å²) in [5, 5.41) is 29.7. The molecule has 1 rings (SSSR count). The van der Waals surface area contributed by atoms with Crippen molar-refractivity contribution in [2.24, 2.45) is 5.92 Å². The Labute approximate surface area is 161 Å². The van der Waals surface area contributed by atoms with Crippen molar-refractivity contribution in [3.8, 4) is 0 Å². The maximum Gasteiger partial charge on any atom is 0.158 e. The van der Waals surface area contributed by atoms with Crippen LogP contribution < -0.4 is 0 Å². The maximum absolute atomic E-state index is 10.7. The van der Waals surface area contributed by atoms with E-state index in [9.17, 15) is 15.3 Å². The molecule has 4 heteroatoms. The van der Waals surface area contributed by atoms with E-state index in [-0.39, 0.29) is 18.9 Å². The fourth-order valence-electron chi connectivity index (χ4n) is 4.20. The second-order valence-electron chi connectivity index (χ2n) is 8.39. The predicted octanol–water partition coefficient (Wildman–Crippen LogP) is 4.93. The summed E-state index contributed by atoms with van der Waals surface area (Å²) in [6.07, 6.45) is 16.9. The van der Waals surface area contributed by atoms with Gasteiger partial charge >= 0.3 is 0 Å². The minimum atomic E-state index is -1.09. The van der Waals surface area contributed by atoms with Crippen LogP contribution in [-0.2, 0) is 4.74 Å². The Balaban J connectivity index is 1.95. The fourth-order valence-corrected chi connectivity index (χ4v) is 4.20.